The second-order valence-electron chi connectivity index (χ2n) is 5.11. The molecule has 1 atom stereocenters. The van der Waals surface area contributed by atoms with Gasteiger partial charge >= 0.3 is 0 Å². The fourth-order valence-electron chi connectivity index (χ4n) is 1.92. The SMILES string of the molecule is CCCOc1ccc(CNCC)c(OC(C)CCOC)c1. The Morgan fingerprint density at radius 1 is 1.19 bits per heavy atom. The first kappa shape index (κ1) is 17.8. The third-order valence-electron chi connectivity index (χ3n) is 3.13. The van der Waals surface area contributed by atoms with E-state index in [0.29, 0.717) is 6.61 Å². The molecule has 1 N–H and O–H groups in total. The van der Waals surface area contributed by atoms with Crippen LogP contribution in [0.25, 0.3) is 0 Å². The standard InChI is InChI=1S/C17H29NO3/c1-5-10-20-16-8-7-15(13-18-6-2)17(12-16)21-14(3)9-11-19-4/h7-8,12,14,18H,5-6,9-11,13H2,1-4H3. The maximum absolute atomic E-state index is 6.07. The van der Waals surface area contributed by atoms with Crippen LogP contribution in [0.5, 0.6) is 11.5 Å². The van der Waals surface area contributed by atoms with Crippen molar-refractivity contribution in [3.63, 3.8) is 0 Å². The van der Waals surface area contributed by atoms with Gasteiger partial charge in [0.1, 0.15) is 11.5 Å². The predicted molar refractivity (Wildman–Crippen MR) is 86.2 cm³/mol. The summed E-state index contributed by atoms with van der Waals surface area (Å²) < 4.78 is 16.9. The van der Waals surface area contributed by atoms with Gasteiger partial charge in [0.15, 0.2) is 0 Å². The summed E-state index contributed by atoms with van der Waals surface area (Å²) in [4.78, 5) is 0. The normalized spacial score (nSPS) is 12.2. The van der Waals surface area contributed by atoms with E-state index in [1.807, 2.05) is 12.1 Å². The fraction of sp³-hybridized carbons (Fsp3) is 0.647. The third kappa shape index (κ3) is 6.82. The molecule has 0 aromatic heterocycles. The molecule has 0 bridgehead atoms. The summed E-state index contributed by atoms with van der Waals surface area (Å²) in [6.07, 6.45) is 1.99. The molecular formula is C17H29NO3. The van der Waals surface area contributed by atoms with Gasteiger partial charge in [0.05, 0.1) is 12.7 Å². The minimum absolute atomic E-state index is 0.117. The van der Waals surface area contributed by atoms with Gasteiger partial charge in [-0.05, 0) is 26.0 Å². The molecule has 1 aromatic carbocycles. The van der Waals surface area contributed by atoms with Gasteiger partial charge < -0.3 is 19.5 Å². The van der Waals surface area contributed by atoms with Gasteiger partial charge in [0, 0.05) is 38.3 Å². The molecule has 0 spiro atoms. The average Bonchev–Trinajstić information content (AvgIpc) is 2.50. The van der Waals surface area contributed by atoms with Crippen molar-refractivity contribution in [2.24, 2.45) is 0 Å². The molecule has 0 saturated carbocycles. The number of ether oxygens (including phenoxy) is 3. The van der Waals surface area contributed by atoms with E-state index in [1.165, 1.54) is 0 Å². The van der Waals surface area contributed by atoms with Crippen molar-refractivity contribution in [1.82, 2.24) is 5.32 Å². The highest BCUT2D eigenvalue weighted by Gasteiger charge is 2.10. The average molecular weight is 295 g/mol. The minimum atomic E-state index is 0.117. The second-order valence-corrected chi connectivity index (χ2v) is 5.11. The number of hydrogen-bond donors (Lipinski definition) is 1. The van der Waals surface area contributed by atoms with Gasteiger partial charge in [-0.15, -0.1) is 0 Å². The highest BCUT2D eigenvalue weighted by atomic mass is 16.5. The summed E-state index contributed by atoms with van der Waals surface area (Å²) in [5, 5.41) is 3.34. The molecule has 1 rings (SSSR count). The number of nitrogens with one attached hydrogen (secondary N) is 1. The number of hydrogen-bond acceptors (Lipinski definition) is 4. The molecule has 0 aliphatic carbocycles. The lowest BCUT2D eigenvalue weighted by atomic mass is 10.1. The Balaban J connectivity index is 2.77. The number of benzene rings is 1. The molecule has 0 aliphatic heterocycles. The van der Waals surface area contributed by atoms with Crippen LogP contribution in [0.3, 0.4) is 0 Å². The second kappa shape index (κ2) is 10.5. The molecule has 1 aromatic rings. The van der Waals surface area contributed by atoms with E-state index in [1.54, 1.807) is 7.11 Å². The Kier molecular flexibility index (Phi) is 8.87. The van der Waals surface area contributed by atoms with Crippen LogP contribution in [-0.4, -0.2) is 33.0 Å². The summed E-state index contributed by atoms with van der Waals surface area (Å²) in [5.74, 6) is 1.76. The molecule has 4 nitrogen and oxygen atoms in total. The van der Waals surface area contributed by atoms with Gasteiger partial charge in [0.2, 0.25) is 0 Å². The summed E-state index contributed by atoms with van der Waals surface area (Å²) >= 11 is 0. The van der Waals surface area contributed by atoms with Crippen molar-refractivity contribution in [2.45, 2.75) is 46.3 Å². The fourth-order valence-corrected chi connectivity index (χ4v) is 1.92. The largest absolute Gasteiger partial charge is 0.493 e. The molecule has 0 heterocycles. The van der Waals surface area contributed by atoms with Crippen LogP contribution in [0.4, 0.5) is 0 Å². The molecule has 0 fully saturated rings. The summed E-state index contributed by atoms with van der Waals surface area (Å²) in [7, 11) is 1.71. The minimum Gasteiger partial charge on any atom is -0.493 e. The Bertz CT molecular complexity index is 396. The van der Waals surface area contributed by atoms with Gasteiger partial charge in [0.25, 0.3) is 0 Å². The Morgan fingerprint density at radius 3 is 2.67 bits per heavy atom. The van der Waals surface area contributed by atoms with Crippen LogP contribution in [0.1, 0.15) is 39.2 Å². The molecule has 120 valence electrons. The number of rotatable bonds is 11. The van der Waals surface area contributed by atoms with Crippen molar-refractivity contribution < 1.29 is 14.2 Å². The maximum atomic E-state index is 6.07. The molecule has 1 unspecified atom stereocenters. The molecule has 4 heteroatoms. The van der Waals surface area contributed by atoms with Gasteiger partial charge in [-0.2, -0.15) is 0 Å². The first-order valence-electron chi connectivity index (χ1n) is 7.83. The molecule has 0 amide bonds. The third-order valence-corrected chi connectivity index (χ3v) is 3.13. The molecule has 0 saturated heterocycles. The molecule has 21 heavy (non-hydrogen) atoms. The van der Waals surface area contributed by atoms with Crippen LogP contribution >= 0.6 is 0 Å². The smallest absolute Gasteiger partial charge is 0.127 e. The monoisotopic (exact) mass is 295 g/mol. The van der Waals surface area contributed by atoms with Crippen LogP contribution in [0, 0.1) is 0 Å². The van der Waals surface area contributed by atoms with E-state index in [-0.39, 0.29) is 6.10 Å². The van der Waals surface area contributed by atoms with Crippen molar-refractivity contribution >= 4 is 0 Å². The molecule has 0 aliphatic rings. The molecule has 0 radical (unpaired) electrons. The summed E-state index contributed by atoms with van der Waals surface area (Å²) in [6.45, 7) is 9.43. The van der Waals surface area contributed by atoms with Crippen LogP contribution in [0.2, 0.25) is 0 Å². The van der Waals surface area contributed by atoms with E-state index in [4.69, 9.17) is 14.2 Å². The van der Waals surface area contributed by atoms with Crippen LogP contribution in [-0.2, 0) is 11.3 Å². The predicted octanol–water partition coefficient (Wildman–Crippen LogP) is 3.39. The zero-order chi connectivity index (χ0) is 15.5. The van der Waals surface area contributed by atoms with E-state index in [2.05, 4.69) is 32.2 Å². The first-order chi connectivity index (χ1) is 10.2. The topological polar surface area (TPSA) is 39.7 Å². The van der Waals surface area contributed by atoms with Crippen LogP contribution in [0.15, 0.2) is 18.2 Å². The van der Waals surface area contributed by atoms with Crippen molar-refractivity contribution in [3.8, 4) is 11.5 Å². The van der Waals surface area contributed by atoms with Gasteiger partial charge in [-0.1, -0.05) is 19.9 Å². The van der Waals surface area contributed by atoms with E-state index in [9.17, 15) is 0 Å². The highest BCUT2D eigenvalue weighted by molar-refractivity contribution is 5.41. The van der Waals surface area contributed by atoms with Crippen molar-refractivity contribution in [2.75, 3.05) is 26.9 Å². The van der Waals surface area contributed by atoms with Gasteiger partial charge in [-0.3, -0.25) is 0 Å². The highest BCUT2D eigenvalue weighted by Crippen LogP contribution is 2.26. The Morgan fingerprint density at radius 2 is 2.00 bits per heavy atom. The molecular weight excluding hydrogens is 266 g/mol. The van der Waals surface area contributed by atoms with Crippen molar-refractivity contribution in [3.05, 3.63) is 23.8 Å². The quantitative estimate of drug-likeness (QED) is 0.679. The summed E-state index contributed by atoms with van der Waals surface area (Å²) in [5.41, 5.74) is 1.16. The van der Waals surface area contributed by atoms with Gasteiger partial charge in [-0.25, -0.2) is 0 Å². The van der Waals surface area contributed by atoms with Crippen molar-refractivity contribution in [1.29, 1.82) is 0 Å². The lowest BCUT2D eigenvalue weighted by molar-refractivity contribution is 0.134. The summed E-state index contributed by atoms with van der Waals surface area (Å²) in [6, 6.07) is 6.08. The lowest BCUT2D eigenvalue weighted by Gasteiger charge is -2.18. The zero-order valence-corrected chi connectivity index (χ0v) is 13.8. The Labute approximate surface area is 128 Å². The van der Waals surface area contributed by atoms with E-state index in [0.717, 1.165) is 49.6 Å². The Hall–Kier alpha value is -1.26. The maximum Gasteiger partial charge on any atom is 0.127 e. The van der Waals surface area contributed by atoms with E-state index >= 15 is 0 Å². The number of methoxy groups -OCH3 is 1. The lowest BCUT2D eigenvalue weighted by Crippen LogP contribution is -2.17. The zero-order valence-electron chi connectivity index (χ0n) is 13.8. The first-order valence-corrected chi connectivity index (χ1v) is 7.83. The van der Waals surface area contributed by atoms with Crippen LogP contribution < -0.4 is 14.8 Å². The van der Waals surface area contributed by atoms with E-state index < -0.39 is 0 Å².